The van der Waals surface area contributed by atoms with Crippen LogP contribution in [0.1, 0.15) is 10.4 Å². The summed E-state index contributed by atoms with van der Waals surface area (Å²) in [6.45, 7) is 0. The molecule has 0 spiro atoms. The molecule has 0 radical (unpaired) electrons. The summed E-state index contributed by atoms with van der Waals surface area (Å²) in [7, 11) is 0. The van der Waals surface area contributed by atoms with Crippen LogP contribution in [-0.4, -0.2) is 16.2 Å². The smallest absolute Gasteiger partial charge is 0.343 e. The van der Waals surface area contributed by atoms with Gasteiger partial charge in [-0.2, -0.15) is 0 Å². The summed E-state index contributed by atoms with van der Waals surface area (Å²) in [6.07, 6.45) is 0. The molecule has 0 aliphatic heterocycles. The second-order valence-corrected chi connectivity index (χ2v) is 3.70. The Balaban J connectivity index is 2.19. The van der Waals surface area contributed by atoms with E-state index in [-0.39, 0.29) is 17.1 Å². The van der Waals surface area contributed by atoms with Crippen LogP contribution in [0.3, 0.4) is 0 Å². The molecule has 0 aliphatic carbocycles. The lowest BCUT2D eigenvalue weighted by Gasteiger charge is -2.05. The number of carbonyl (C=O) groups excluding carboxylic acids is 1. The number of ether oxygens (including phenoxy) is 1. The van der Waals surface area contributed by atoms with Crippen molar-refractivity contribution >= 4 is 11.7 Å². The largest absolute Gasteiger partial charge is 0.508 e. The predicted molar refractivity (Wildman–Crippen MR) is 65.6 cm³/mol. The molecule has 0 atom stereocenters. The maximum absolute atomic E-state index is 11.7. The van der Waals surface area contributed by atoms with Gasteiger partial charge in [-0.05, 0) is 36.4 Å². The molecule has 0 saturated heterocycles. The van der Waals surface area contributed by atoms with Gasteiger partial charge in [0, 0.05) is 11.8 Å². The Morgan fingerprint density at radius 1 is 1.00 bits per heavy atom. The molecule has 2 aromatic rings. The molecule has 0 aliphatic rings. The minimum atomic E-state index is -0.675. The van der Waals surface area contributed by atoms with Crippen molar-refractivity contribution in [1.82, 2.24) is 0 Å². The first kappa shape index (κ1) is 11.8. The van der Waals surface area contributed by atoms with E-state index >= 15 is 0 Å². The standard InChI is InChI=1S/C13H11NO4/c14-9-1-3-12(4-2-9)18-13(17)8-5-10(15)7-11(16)6-8/h1-7,15-16H,14H2. The molecule has 0 saturated carbocycles. The molecule has 2 rings (SSSR count). The number of aromatic hydroxyl groups is 2. The number of anilines is 1. The van der Waals surface area contributed by atoms with Gasteiger partial charge in [0.2, 0.25) is 0 Å². The fourth-order valence-corrected chi connectivity index (χ4v) is 1.41. The van der Waals surface area contributed by atoms with Gasteiger partial charge in [0.1, 0.15) is 17.2 Å². The zero-order valence-corrected chi connectivity index (χ0v) is 9.33. The third kappa shape index (κ3) is 2.70. The summed E-state index contributed by atoms with van der Waals surface area (Å²) >= 11 is 0. The van der Waals surface area contributed by atoms with Crippen LogP contribution in [0.4, 0.5) is 5.69 Å². The highest BCUT2D eigenvalue weighted by atomic mass is 16.5. The van der Waals surface area contributed by atoms with Crippen molar-refractivity contribution in [2.75, 3.05) is 5.73 Å². The van der Waals surface area contributed by atoms with Crippen molar-refractivity contribution in [3.8, 4) is 17.2 Å². The van der Waals surface area contributed by atoms with Crippen LogP contribution in [0.5, 0.6) is 17.2 Å². The second-order valence-electron chi connectivity index (χ2n) is 3.70. The van der Waals surface area contributed by atoms with E-state index in [1.165, 1.54) is 12.1 Å². The first-order chi connectivity index (χ1) is 8.54. The Morgan fingerprint density at radius 2 is 1.56 bits per heavy atom. The van der Waals surface area contributed by atoms with Crippen molar-refractivity contribution < 1.29 is 19.7 Å². The van der Waals surface area contributed by atoms with E-state index in [4.69, 9.17) is 10.5 Å². The molecular formula is C13H11NO4. The number of rotatable bonds is 2. The molecule has 4 N–H and O–H groups in total. The SMILES string of the molecule is Nc1ccc(OC(=O)c2cc(O)cc(O)c2)cc1. The first-order valence-electron chi connectivity index (χ1n) is 5.15. The van der Waals surface area contributed by atoms with Gasteiger partial charge in [-0.15, -0.1) is 0 Å². The van der Waals surface area contributed by atoms with E-state index in [9.17, 15) is 15.0 Å². The predicted octanol–water partition coefficient (Wildman–Crippen LogP) is 1.90. The molecule has 5 heteroatoms. The summed E-state index contributed by atoms with van der Waals surface area (Å²) in [4.78, 5) is 11.7. The van der Waals surface area contributed by atoms with Crippen molar-refractivity contribution in [1.29, 1.82) is 0 Å². The van der Waals surface area contributed by atoms with E-state index in [0.29, 0.717) is 11.4 Å². The Labute approximate surface area is 103 Å². The Morgan fingerprint density at radius 3 is 2.11 bits per heavy atom. The van der Waals surface area contributed by atoms with Gasteiger partial charge in [0.25, 0.3) is 0 Å². The van der Waals surface area contributed by atoms with E-state index in [2.05, 4.69) is 0 Å². The van der Waals surface area contributed by atoms with Crippen molar-refractivity contribution in [2.24, 2.45) is 0 Å². The molecule has 0 aromatic heterocycles. The Bertz CT molecular complexity index is 558. The number of hydrogen-bond donors (Lipinski definition) is 3. The van der Waals surface area contributed by atoms with Crippen molar-refractivity contribution in [2.45, 2.75) is 0 Å². The van der Waals surface area contributed by atoms with Gasteiger partial charge >= 0.3 is 5.97 Å². The van der Waals surface area contributed by atoms with E-state index < -0.39 is 5.97 Å². The lowest BCUT2D eigenvalue weighted by molar-refractivity contribution is 0.0734. The average molecular weight is 245 g/mol. The van der Waals surface area contributed by atoms with Crippen LogP contribution in [0.25, 0.3) is 0 Å². The molecule has 0 bridgehead atoms. The monoisotopic (exact) mass is 245 g/mol. The number of nitrogen functional groups attached to an aromatic ring is 1. The summed E-state index contributed by atoms with van der Waals surface area (Å²) < 4.78 is 5.05. The minimum absolute atomic E-state index is 0.0596. The number of esters is 1. The average Bonchev–Trinajstić information content (AvgIpc) is 2.31. The highest BCUT2D eigenvalue weighted by Gasteiger charge is 2.11. The number of phenolic OH excluding ortho intramolecular Hbond substituents is 2. The molecule has 0 unspecified atom stereocenters. The molecule has 0 amide bonds. The number of phenols is 2. The van der Waals surface area contributed by atoms with Crippen molar-refractivity contribution in [3.05, 3.63) is 48.0 Å². The van der Waals surface area contributed by atoms with E-state index in [1.807, 2.05) is 0 Å². The van der Waals surface area contributed by atoms with E-state index in [0.717, 1.165) is 6.07 Å². The number of hydrogen-bond acceptors (Lipinski definition) is 5. The molecular weight excluding hydrogens is 234 g/mol. The van der Waals surface area contributed by atoms with Crippen LogP contribution in [0.15, 0.2) is 42.5 Å². The summed E-state index contributed by atoms with van der Waals surface area (Å²) in [6, 6.07) is 9.84. The lowest BCUT2D eigenvalue weighted by Crippen LogP contribution is -2.08. The summed E-state index contributed by atoms with van der Waals surface area (Å²) in [5.74, 6) is -0.762. The molecule has 0 heterocycles. The summed E-state index contributed by atoms with van der Waals surface area (Å²) in [5.41, 5.74) is 6.12. The van der Waals surface area contributed by atoms with Crippen molar-refractivity contribution in [3.63, 3.8) is 0 Å². The molecule has 5 nitrogen and oxygen atoms in total. The topological polar surface area (TPSA) is 92.8 Å². The quantitative estimate of drug-likeness (QED) is 0.427. The molecule has 0 fully saturated rings. The minimum Gasteiger partial charge on any atom is -0.508 e. The van der Waals surface area contributed by atoms with Crippen LogP contribution in [0.2, 0.25) is 0 Å². The highest BCUT2D eigenvalue weighted by molar-refractivity contribution is 5.92. The molecule has 92 valence electrons. The van der Waals surface area contributed by atoms with Gasteiger partial charge in [0.05, 0.1) is 5.56 Å². The van der Waals surface area contributed by atoms with Gasteiger partial charge < -0.3 is 20.7 Å². The fraction of sp³-hybridized carbons (Fsp3) is 0. The van der Waals surface area contributed by atoms with Gasteiger partial charge in [0.15, 0.2) is 0 Å². The van der Waals surface area contributed by atoms with Crippen LogP contribution >= 0.6 is 0 Å². The van der Waals surface area contributed by atoms with Crippen LogP contribution < -0.4 is 10.5 Å². The zero-order valence-electron chi connectivity index (χ0n) is 9.33. The molecule has 18 heavy (non-hydrogen) atoms. The van der Waals surface area contributed by atoms with Gasteiger partial charge in [-0.3, -0.25) is 0 Å². The first-order valence-corrected chi connectivity index (χ1v) is 5.15. The third-order valence-electron chi connectivity index (χ3n) is 2.23. The van der Waals surface area contributed by atoms with Crippen LogP contribution in [0, 0.1) is 0 Å². The second kappa shape index (κ2) is 4.67. The summed E-state index contributed by atoms with van der Waals surface area (Å²) in [5, 5.41) is 18.5. The maximum atomic E-state index is 11.7. The zero-order chi connectivity index (χ0) is 13.1. The molecule has 2 aromatic carbocycles. The van der Waals surface area contributed by atoms with Gasteiger partial charge in [-0.25, -0.2) is 4.79 Å². The highest BCUT2D eigenvalue weighted by Crippen LogP contribution is 2.22. The van der Waals surface area contributed by atoms with Gasteiger partial charge in [-0.1, -0.05) is 0 Å². The fourth-order valence-electron chi connectivity index (χ4n) is 1.41. The Kier molecular flexibility index (Phi) is 3.05. The maximum Gasteiger partial charge on any atom is 0.343 e. The third-order valence-corrected chi connectivity index (χ3v) is 2.23. The lowest BCUT2D eigenvalue weighted by atomic mass is 10.2. The number of nitrogens with two attached hydrogens (primary N) is 1. The number of carbonyl (C=O) groups is 1. The van der Waals surface area contributed by atoms with E-state index in [1.54, 1.807) is 24.3 Å². The normalized spacial score (nSPS) is 10.0. The Hall–Kier alpha value is -2.69. The number of benzene rings is 2. The van der Waals surface area contributed by atoms with Crippen LogP contribution in [-0.2, 0) is 0 Å².